The molecular weight excluding hydrogens is 374 g/mol. The Bertz CT molecular complexity index is 1000. The van der Waals surface area contributed by atoms with Crippen molar-refractivity contribution >= 4 is 11.8 Å². The van der Waals surface area contributed by atoms with Crippen molar-refractivity contribution in [2.24, 2.45) is 0 Å². The molecule has 3 aromatic rings. The average Bonchev–Trinajstić information content (AvgIpc) is 3.15. The molecule has 0 spiro atoms. The number of nitrogens with zero attached hydrogens (tertiary/aromatic N) is 2. The smallest absolute Gasteiger partial charge is 0.228 e. The summed E-state index contributed by atoms with van der Waals surface area (Å²) in [6, 6.07) is 21.5. The van der Waals surface area contributed by atoms with Crippen LogP contribution in [0, 0.1) is 11.3 Å². The van der Waals surface area contributed by atoms with Gasteiger partial charge in [0.05, 0.1) is 0 Å². The second kappa shape index (κ2) is 10.4. The number of amides is 1. The van der Waals surface area contributed by atoms with E-state index in [-0.39, 0.29) is 11.8 Å². The highest BCUT2D eigenvalue weighted by atomic mass is 16.4. The van der Waals surface area contributed by atoms with Crippen LogP contribution >= 0.6 is 0 Å². The molecule has 0 saturated carbocycles. The van der Waals surface area contributed by atoms with E-state index in [0.717, 1.165) is 30.5 Å². The predicted octanol–water partition coefficient (Wildman–Crippen LogP) is 5.55. The van der Waals surface area contributed by atoms with Gasteiger partial charge in [0, 0.05) is 24.1 Å². The van der Waals surface area contributed by atoms with Crippen LogP contribution in [-0.2, 0) is 4.79 Å². The van der Waals surface area contributed by atoms with Crippen LogP contribution in [0.4, 0.5) is 5.88 Å². The van der Waals surface area contributed by atoms with Crippen molar-refractivity contribution < 1.29 is 9.21 Å². The first-order chi connectivity index (χ1) is 14.6. The molecule has 1 N–H and O–H groups in total. The molecule has 30 heavy (non-hydrogen) atoms. The number of rotatable bonds is 9. The summed E-state index contributed by atoms with van der Waals surface area (Å²) in [4.78, 5) is 14.7. The van der Waals surface area contributed by atoms with Gasteiger partial charge in [-0.2, -0.15) is 5.26 Å². The van der Waals surface area contributed by atoms with Crippen molar-refractivity contribution in [3.63, 3.8) is 0 Å². The number of furan rings is 1. The molecular formula is C25H27N3O2. The molecule has 0 saturated heterocycles. The van der Waals surface area contributed by atoms with Gasteiger partial charge in [-0.25, -0.2) is 0 Å². The number of carbonyl (C=O) groups excluding carboxylic acids is 1. The van der Waals surface area contributed by atoms with E-state index in [1.165, 1.54) is 0 Å². The second-order valence-electron chi connectivity index (χ2n) is 7.31. The Labute approximate surface area is 177 Å². The maximum atomic E-state index is 12.5. The quantitative estimate of drug-likeness (QED) is 0.511. The summed E-state index contributed by atoms with van der Waals surface area (Å²) in [6.45, 7) is 3.77. The largest absolute Gasteiger partial charge is 0.438 e. The standard InChI is InChI=1S/C25H27N3O2/c1-3-4-16-28(2)17-15-22(29)27-25-21(18-26)23(19-11-7-5-8-12-19)24(30-25)20-13-9-6-10-14-20/h5-14H,3-4,15-17H2,1-2H3,(H,27,29). The van der Waals surface area contributed by atoms with Crippen LogP contribution in [0.5, 0.6) is 0 Å². The predicted molar refractivity (Wildman–Crippen MR) is 120 cm³/mol. The number of hydrogen-bond donors (Lipinski definition) is 1. The van der Waals surface area contributed by atoms with E-state index in [2.05, 4.69) is 23.2 Å². The summed E-state index contributed by atoms with van der Waals surface area (Å²) >= 11 is 0. The van der Waals surface area contributed by atoms with Crippen LogP contribution in [0.2, 0.25) is 0 Å². The van der Waals surface area contributed by atoms with Crippen LogP contribution in [0.3, 0.4) is 0 Å². The molecule has 3 rings (SSSR count). The highest BCUT2D eigenvalue weighted by Gasteiger charge is 2.24. The fraction of sp³-hybridized carbons (Fsp3) is 0.280. The molecule has 0 unspecified atom stereocenters. The summed E-state index contributed by atoms with van der Waals surface area (Å²) in [7, 11) is 2.01. The van der Waals surface area contributed by atoms with Gasteiger partial charge in [-0.05, 0) is 25.6 Å². The summed E-state index contributed by atoms with van der Waals surface area (Å²) < 4.78 is 6.05. The zero-order chi connectivity index (χ0) is 21.3. The number of unbranched alkanes of at least 4 members (excludes halogenated alkanes) is 1. The van der Waals surface area contributed by atoms with Gasteiger partial charge in [-0.15, -0.1) is 0 Å². The van der Waals surface area contributed by atoms with Gasteiger partial charge >= 0.3 is 0 Å². The highest BCUT2D eigenvalue weighted by molar-refractivity contribution is 5.95. The third-order valence-corrected chi connectivity index (χ3v) is 4.99. The summed E-state index contributed by atoms with van der Waals surface area (Å²) in [6.07, 6.45) is 2.57. The van der Waals surface area contributed by atoms with Crippen molar-refractivity contribution in [1.29, 1.82) is 5.26 Å². The lowest BCUT2D eigenvalue weighted by atomic mass is 9.98. The Morgan fingerprint density at radius 3 is 2.27 bits per heavy atom. The van der Waals surface area contributed by atoms with Gasteiger partial charge in [-0.3, -0.25) is 10.1 Å². The van der Waals surface area contributed by atoms with Crippen molar-refractivity contribution in [3.05, 3.63) is 66.2 Å². The number of anilines is 1. The minimum absolute atomic E-state index is 0.164. The Morgan fingerprint density at radius 1 is 1.03 bits per heavy atom. The molecule has 0 bridgehead atoms. The molecule has 0 aliphatic rings. The maximum Gasteiger partial charge on any atom is 0.228 e. The zero-order valence-corrected chi connectivity index (χ0v) is 17.5. The summed E-state index contributed by atoms with van der Waals surface area (Å²) in [5.74, 6) is 0.618. The third kappa shape index (κ3) is 5.16. The monoisotopic (exact) mass is 401 g/mol. The summed E-state index contributed by atoms with van der Waals surface area (Å²) in [5, 5.41) is 12.7. The van der Waals surface area contributed by atoms with E-state index < -0.39 is 0 Å². The molecule has 1 heterocycles. The van der Waals surface area contributed by atoms with Crippen molar-refractivity contribution in [3.8, 4) is 28.5 Å². The molecule has 0 fully saturated rings. The molecule has 1 amide bonds. The SMILES string of the molecule is CCCCN(C)CCC(=O)Nc1oc(-c2ccccc2)c(-c2ccccc2)c1C#N. The van der Waals surface area contributed by atoms with Gasteiger partial charge in [0.15, 0.2) is 0 Å². The number of nitrogens with one attached hydrogen (secondary N) is 1. The first-order valence-electron chi connectivity index (χ1n) is 10.3. The molecule has 0 radical (unpaired) electrons. The molecule has 2 aromatic carbocycles. The molecule has 1 aromatic heterocycles. The normalized spacial score (nSPS) is 10.7. The average molecular weight is 402 g/mol. The van der Waals surface area contributed by atoms with Crippen molar-refractivity contribution in [2.75, 3.05) is 25.5 Å². The van der Waals surface area contributed by atoms with Gasteiger partial charge in [-0.1, -0.05) is 74.0 Å². The van der Waals surface area contributed by atoms with E-state index in [9.17, 15) is 10.1 Å². The number of carbonyl (C=O) groups is 1. The summed E-state index contributed by atoms with van der Waals surface area (Å²) in [5.41, 5.74) is 2.76. The number of nitriles is 1. The Kier molecular flexibility index (Phi) is 7.42. The first-order valence-corrected chi connectivity index (χ1v) is 10.3. The molecule has 0 atom stereocenters. The topological polar surface area (TPSA) is 69.3 Å². The van der Waals surface area contributed by atoms with Gasteiger partial charge in [0.25, 0.3) is 0 Å². The van der Waals surface area contributed by atoms with Crippen LogP contribution < -0.4 is 5.32 Å². The van der Waals surface area contributed by atoms with Crippen LogP contribution in [-0.4, -0.2) is 30.9 Å². The number of hydrogen-bond acceptors (Lipinski definition) is 4. The zero-order valence-electron chi connectivity index (χ0n) is 17.5. The first kappa shape index (κ1) is 21.4. The second-order valence-corrected chi connectivity index (χ2v) is 7.31. The highest BCUT2D eigenvalue weighted by Crippen LogP contribution is 2.41. The molecule has 0 aliphatic carbocycles. The lowest BCUT2D eigenvalue weighted by Crippen LogP contribution is -2.25. The minimum atomic E-state index is -0.164. The lowest BCUT2D eigenvalue weighted by molar-refractivity contribution is -0.116. The lowest BCUT2D eigenvalue weighted by Gasteiger charge is -2.15. The molecule has 154 valence electrons. The van der Waals surface area contributed by atoms with Gasteiger partial charge in [0.1, 0.15) is 17.4 Å². The van der Waals surface area contributed by atoms with E-state index in [1.807, 2.05) is 67.7 Å². The molecule has 5 heteroatoms. The Balaban J connectivity index is 1.89. The van der Waals surface area contributed by atoms with E-state index in [1.54, 1.807) is 0 Å². The fourth-order valence-corrected chi connectivity index (χ4v) is 3.32. The van der Waals surface area contributed by atoms with Gasteiger partial charge in [0.2, 0.25) is 11.8 Å². The molecule has 0 aliphatic heterocycles. The molecule has 5 nitrogen and oxygen atoms in total. The van der Waals surface area contributed by atoms with Crippen LogP contribution in [0.1, 0.15) is 31.7 Å². The van der Waals surface area contributed by atoms with E-state index in [4.69, 9.17) is 4.42 Å². The van der Waals surface area contributed by atoms with E-state index >= 15 is 0 Å². The van der Waals surface area contributed by atoms with Crippen LogP contribution in [0.15, 0.2) is 65.1 Å². The van der Waals surface area contributed by atoms with Crippen molar-refractivity contribution in [1.82, 2.24) is 4.90 Å². The third-order valence-electron chi connectivity index (χ3n) is 4.99. The van der Waals surface area contributed by atoms with Gasteiger partial charge < -0.3 is 9.32 Å². The maximum absolute atomic E-state index is 12.5. The Morgan fingerprint density at radius 2 is 1.67 bits per heavy atom. The van der Waals surface area contributed by atoms with Crippen LogP contribution in [0.25, 0.3) is 22.5 Å². The Hall–Kier alpha value is -3.36. The fourth-order valence-electron chi connectivity index (χ4n) is 3.32. The van der Waals surface area contributed by atoms with E-state index in [0.29, 0.717) is 29.9 Å². The van der Waals surface area contributed by atoms with Crippen molar-refractivity contribution in [2.45, 2.75) is 26.2 Å². The minimum Gasteiger partial charge on any atom is -0.438 e. The number of benzene rings is 2.